The van der Waals surface area contributed by atoms with Crippen LogP contribution in [0.2, 0.25) is 25.1 Å². The van der Waals surface area contributed by atoms with Crippen molar-refractivity contribution in [1.82, 2.24) is 0 Å². The normalized spacial score (nSPS) is 11.6. The second-order valence-corrected chi connectivity index (χ2v) is 11.8. The molecule has 1 unspecified atom stereocenters. The molecule has 41 heavy (non-hydrogen) atoms. The van der Waals surface area contributed by atoms with Gasteiger partial charge in [0.05, 0.1) is 31.2 Å². The highest BCUT2D eigenvalue weighted by Crippen LogP contribution is 2.42. The molecular weight excluding hydrogens is 650 g/mol. The van der Waals surface area contributed by atoms with Crippen molar-refractivity contribution in [3.05, 3.63) is 120 Å². The van der Waals surface area contributed by atoms with Crippen LogP contribution in [0.15, 0.2) is 77.7 Å². The van der Waals surface area contributed by atoms with Gasteiger partial charge in [-0.3, -0.25) is 9.59 Å². The zero-order valence-corrected chi connectivity index (χ0v) is 25.6. The van der Waals surface area contributed by atoms with E-state index in [1.54, 1.807) is 36.4 Å². The number of halogens is 5. The summed E-state index contributed by atoms with van der Waals surface area (Å²) in [5, 5.41) is 13.8. The lowest BCUT2D eigenvalue weighted by Crippen LogP contribution is -2.19. The van der Waals surface area contributed by atoms with Gasteiger partial charge in [-0.2, -0.15) is 0 Å². The van der Waals surface area contributed by atoms with Crippen molar-refractivity contribution < 1.29 is 19.5 Å². The molecule has 6 nitrogen and oxygen atoms in total. The first-order valence-corrected chi connectivity index (χ1v) is 14.5. The number of carbonyl (C=O) groups excluding carboxylic acids is 2. The van der Waals surface area contributed by atoms with E-state index in [0.717, 1.165) is 16.0 Å². The molecule has 12 heteroatoms. The predicted octanol–water partition coefficient (Wildman–Crippen LogP) is 9.68. The molecule has 0 aliphatic heterocycles. The van der Waals surface area contributed by atoms with Gasteiger partial charge >= 0.3 is 5.97 Å². The van der Waals surface area contributed by atoms with Crippen molar-refractivity contribution >= 4 is 98.9 Å². The van der Waals surface area contributed by atoms with Gasteiger partial charge in [-0.25, -0.2) is 4.79 Å². The summed E-state index contributed by atoms with van der Waals surface area (Å²) in [7, 11) is 0. The van der Waals surface area contributed by atoms with E-state index in [0.29, 0.717) is 16.4 Å². The molecule has 0 radical (unpaired) electrons. The Morgan fingerprint density at radius 3 is 1.98 bits per heavy atom. The second-order valence-electron chi connectivity index (χ2n) is 8.65. The Balaban J connectivity index is 1.57. The van der Waals surface area contributed by atoms with Crippen molar-refractivity contribution in [2.45, 2.75) is 17.1 Å². The van der Waals surface area contributed by atoms with E-state index in [-0.39, 0.29) is 21.0 Å². The molecule has 3 N–H and O–H groups in total. The molecule has 0 heterocycles. The van der Waals surface area contributed by atoms with E-state index in [1.165, 1.54) is 11.8 Å². The van der Waals surface area contributed by atoms with Crippen LogP contribution in [0.25, 0.3) is 0 Å². The fraction of sp³-hybridized carbons (Fsp3) is 0.0690. The van der Waals surface area contributed by atoms with E-state index in [9.17, 15) is 19.5 Å². The Morgan fingerprint density at radius 2 is 1.37 bits per heavy atom. The maximum Gasteiger partial charge on any atom is 0.338 e. The lowest BCUT2D eigenvalue weighted by molar-refractivity contribution is -0.115. The zero-order chi connectivity index (χ0) is 29.8. The highest BCUT2D eigenvalue weighted by atomic mass is 35.5. The molecule has 0 saturated heterocycles. The number of carboxylic acid groups (broad SMARTS) is 1. The van der Waals surface area contributed by atoms with E-state index in [1.807, 2.05) is 43.3 Å². The molecular formula is C29H19Cl5N2O4S. The summed E-state index contributed by atoms with van der Waals surface area (Å²) >= 11 is 31.7. The van der Waals surface area contributed by atoms with Crippen molar-refractivity contribution in [2.75, 3.05) is 10.6 Å². The molecule has 0 aliphatic carbocycles. The summed E-state index contributed by atoms with van der Waals surface area (Å²) < 4.78 is 0. The maximum atomic E-state index is 13.4. The van der Waals surface area contributed by atoms with E-state index in [4.69, 9.17) is 58.0 Å². The summed E-state index contributed by atoms with van der Waals surface area (Å²) in [4.78, 5) is 39.0. The number of carboxylic acids is 1. The first-order valence-electron chi connectivity index (χ1n) is 11.8. The number of hydrogen-bond acceptors (Lipinski definition) is 4. The minimum atomic E-state index is -1.49. The number of amides is 2. The molecule has 0 bridgehead atoms. The standard InChI is InChI=1S/C29H19Cl5N2O4S/c1-14-7-8-16(30)13-19(14)36-28(38)26(15-5-3-2-4-6-15)41-18-11-9-17(10-12-18)35-27(37)20-21(29(39)40)23(32)25(34)24(33)22(20)31/h2-13,26H,1H3,(H,35,37)(H,36,38)(H,39,40). The number of benzene rings is 4. The van der Waals surface area contributed by atoms with Crippen LogP contribution in [0, 0.1) is 6.92 Å². The summed E-state index contributed by atoms with van der Waals surface area (Å²) in [6.45, 7) is 1.88. The monoisotopic (exact) mass is 666 g/mol. The van der Waals surface area contributed by atoms with Crippen LogP contribution in [0.4, 0.5) is 11.4 Å². The molecule has 0 saturated carbocycles. The minimum absolute atomic E-state index is 0.238. The zero-order valence-electron chi connectivity index (χ0n) is 21.0. The molecule has 4 aromatic rings. The number of aromatic carboxylic acids is 1. The fourth-order valence-electron chi connectivity index (χ4n) is 3.82. The van der Waals surface area contributed by atoms with Crippen LogP contribution in [0.5, 0.6) is 0 Å². The van der Waals surface area contributed by atoms with Gasteiger partial charge in [-0.05, 0) is 54.4 Å². The largest absolute Gasteiger partial charge is 0.478 e. The van der Waals surface area contributed by atoms with Gasteiger partial charge in [0, 0.05) is 21.3 Å². The second kappa shape index (κ2) is 13.4. The lowest BCUT2D eigenvalue weighted by atomic mass is 10.1. The Labute approximate surface area is 264 Å². The molecule has 2 amide bonds. The van der Waals surface area contributed by atoms with Crippen LogP contribution in [-0.4, -0.2) is 22.9 Å². The van der Waals surface area contributed by atoms with Crippen molar-refractivity contribution in [3.63, 3.8) is 0 Å². The number of hydrogen-bond donors (Lipinski definition) is 3. The van der Waals surface area contributed by atoms with Crippen molar-refractivity contribution in [2.24, 2.45) is 0 Å². The summed E-state index contributed by atoms with van der Waals surface area (Å²) in [5.41, 5.74) is 1.62. The predicted molar refractivity (Wildman–Crippen MR) is 168 cm³/mol. The number of rotatable bonds is 8. The van der Waals surface area contributed by atoms with Gasteiger partial charge in [-0.1, -0.05) is 94.4 Å². The fourth-order valence-corrected chi connectivity index (χ4v) is 6.04. The Morgan fingerprint density at radius 1 is 0.756 bits per heavy atom. The van der Waals surface area contributed by atoms with Crippen LogP contribution in [0.3, 0.4) is 0 Å². The number of carbonyl (C=O) groups is 3. The average Bonchev–Trinajstić information content (AvgIpc) is 2.95. The summed E-state index contributed by atoms with van der Waals surface area (Å²) in [6, 6.07) is 21.2. The van der Waals surface area contributed by atoms with E-state index < -0.39 is 33.3 Å². The molecule has 1 atom stereocenters. The first kappa shape index (κ1) is 31.0. The molecule has 4 aromatic carbocycles. The smallest absolute Gasteiger partial charge is 0.338 e. The molecule has 0 aliphatic rings. The van der Waals surface area contributed by atoms with Gasteiger partial charge in [0.1, 0.15) is 5.25 Å². The number of nitrogens with one attached hydrogen (secondary N) is 2. The van der Waals surface area contributed by atoms with E-state index >= 15 is 0 Å². The third kappa shape index (κ3) is 7.12. The third-order valence-electron chi connectivity index (χ3n) is 5.87. The molecule has 0 aromatic heterocycles. The van der Waals surface area contributed by atoms with Gasteiger partial charge in [0.2, 0.25) is 5.91 Å². The average molecular weight is 669 g/mol. The molecule has 210 valence electrons. The molecule has 0 spiro atoms. The van der Waals surface area contributed by atoms with Gasteiger partial charge in [0.25, 0.3) is 5.91 Å². The van der Waals surface area contributed by atoms with E-state index in [2.05, 4.69) is 10.6 Å². The summed E-state index contributed by atoms with van der Waals surface area (Å²) in [5.74, 6) is -2.58. The lowest BCUT2D eigenvalue weighted by Gasteiger charge is -2.18. The van der Waals surface area contributed by atoms with Crippen LogP contribution < -0.4 is 10.6 Å². The van der Waals surface area contributed by atoms with Gasteiger partial charge in [0.15, 0.2) is 0 Å². The molecule has 4 rings (SSSR count). The quantitative estimate of drug-likeness (QED) is 0.0987. The van der Waals surface area contributed by atoms with Gasteiger partial charge in [-0.15, -0.1) is 11.8 Å². The van der Waals surface area contributed by atoms with Crippen LogP contribution in [0.1, 0.15) is 37.1 Å². The Hall–Kier alpha value is -2.91. The Bertz CT molecular complexity index is 1650. The van der Waals surface area contributed by atoms with Crippen molar-refractivity contribution in [3.8, 4) is 0 Å². The topological polar surface area (TPSA) is 95.5 Å². The first-order chi connectivity index (χ1) is 19.5. The SMILES string of the molecule is Cc1ccc(Cl)cc1NC(=O)C(Sc1ccc(NC(=O)c2c(Cl)c(Cl)c(Cl)c(Cl)c2C(=O)O)cc1)c1ccccc1. The highest BCUT2D eigenvalue weighted by molar-refractivity contribution is 8.00. The maximum absolute atomic E-state index is 13.4. The summed E-state index contributed by atoms with van der Waals surface area (Å²) in [6.07, 6.45) is 0. The van der Waals surface area contributed by atoms with Gasteiger partial charge < -0.3 is 15.7 Å². The number of anilines is 2. The van der Waals surface area contributed by atoms with Crippen LogP contribution in [-0.2, 0) is 4.79 Å². The van der Waals surface area contributed by atoms with Crippen molar-refractivity contribution in [1.29, 1.82) is 0 Å². The third-order valence-corrected chi connectivity index (χ3v) is 9.18. The highest BCUT2D eigenvalue weighted by Gasteiger charge is 2.29. The minimum Gasteiger partial charge on any atom is -0.478 e. The van der Waals surface area contributed by atoms with Crippen LogP contribution >= 0.6 is 69.8 Å². The Kier molecular flexibility index (Phi) is 10.1. The number of aryl methyl sites for hydroxylation is 1. The number of thioether (sulfide) groups is 1. The molecule has 0 fully saturated rings.